The van der Waals surface area contributed by atoms with E-state index in [9.17, 15) is 4.79 Å². The second-order valence-electron chi connectivity index (χ2n) is 6.48. The van der Waals surface area contributed by atoms with Crippen LogP contribution in [0.3, 0.4) is 0 Å². The molecule has 124 valence electrons. The summed E-state index contributed by atoms with van der Waals surface area (Å²) in [4.78, 5) is 17.5. The Balaban J connectivity index is 1.69. The van der Waals surface area contributed by atoms with E-state index in [1.165, 1.54) is 0 Å². The number of aromatic nitrogens is 5. The third-order valence-corrected chi connectivity index (χ3v) is 4.44. The fraction of sp³-hybridized carbons (Fsp3) is 0.412. The predicted octanol–water partition coefficient (Wildman–Crippen LogP) is 1.82. The molecule has 1 saturated carbocycles. The van der Waals surface area contributed by atoms with Crippen molar-refractivity contribution in [1.29, 1.82) is 0 Å². The van der Waals surface area contributed by atoms with Crippen molar-refractivity contribution in [1.82, 2.24) is 29.9 Å². The molecule has 3 aromatic rings. The predicted molar refractivity (Wildman–Crippen MR) is 89.6 cm³/mol. The molecular weight excluding hydrogens is 304 g/mol. The molecule has 1 aliphatic carbocycles. The summed E-state index contributed by atoms with van der Waals surface area (Å²) >= 11 is 0. The second kappa shape index (κ2) is 5.43. The fourth-order valence-corrected chi connectivity index (χ4v) is 3.07. The van der Waals surface area contributed by atoms with Crippen LogP contribution in [0.15, 0.2) is 18.5 Å². The normalized spacial score (nSPS) is 14.3. The molecule has 3 aromatic heterocycles. The molecule has 0 radical (unpaired) electrons. The van der Waals surface area contributed by atoms with Crippen LogP contribution >= 0.6 is 0 Å². The third-order valence-electron chi connectivity index (χ3n) is 4.44. The summed E-state index contributed by atoms with van der Waals surface area (Å²) in [6.45, 7) is 2.37. The summed E-state index contributed by atoms with van der Waals surface area (Å²) in [6, 6.07) is 1.94. The van der Waals surface area contributed by atoms with Crippen molar-refractivity contribution in [2.24, 2.45) is 14.1 Å². The SMILES string of the molecule is Cc1nn(C)c2nc(C3CC3)cc(C(=O)NCc3cnn(C)c3)c12. The Bertz CT molecular complexity index is 934. The summed E-state index contributed by atoms with van der Waals surface area (Å²) in [5.74, 6) is 0.388. The molecule has 7 heteroatoms. The van der Waals surface area contributed by atoms with E-state index in [0.29, 0.717) is 18.0 Å². The molecule has 1 aliphatic rings. The number of rotatable bonds is 4. The fourth-order valence-electron chi connectivity index (χ4n) is 3.07. The quantitative estimate of drug-likeness (QED) is 0.794. The highest BCUT2D eigenvalue weighted by molar-refractivity contribution is 6.06. The van der Waals surface area contributed by atoms with Gasteiger partial charge in [-0.15, -0.1) is 0 Å². The highest BCUT2D eigenvalue weighted by atomic mass is 16.1. The number of carbonyl (C=O) groups is 1. The molecule has 24 heavy (non-hydrogen) atoms. The van der Waals surface area contributed by atoms with E-state index < -0.39 is 0 Å². The first-order valence-electron chi connectivity index (χ1n) is 8.13. The van der Waals surface area contributed by atoms with E-state index >= 15 is 0 Å². The van der Waals surface area contributed by atoms with Crippen LogP contribution in [0.4, 0.5) is 0 Å². The molecule has 0 saturated heterocycles. The van der Waals surface area contributed by atoms with Gasteiger partial charge in [0, 0.05) is 44.0 Å². The number of carbonyl (C=O) groups excluding carboxylic acids is 1. The van der Waals surface area contributed by atoms with Crippen molar-refractivity contribution in [3.05, 3.63) is 41.0 Å². The van der Waals surface area contributed by atoms with Crippen LogP contribution in [0, 0.1) is 6.92 Å². The number of fused-ring (bicyclic) bond motifs is 1. The minimum Gasteiger partial charge on any atom is -0.348 e. The third kappa shape index (κ3) is 2.55. The lowest BCUT2D eigenvalue weighted by atomic mass is 10.1. The second-order valence-corrected chi connectivity index (χ2v) is 6.48. The molecule has 0 aliphatic heterocycles. The standard InChI is InChI=1S/C17H20N6O/c1-10-15-13(17(24)18-7-11-8-19-22(2)9-11)6-14(12-4-5-12)20-16(15)23(3)21-10/h6,8-9,12H,4-5,7H2,1-3H3,(H,18,24). The maximum absolute atomic E-state index is 12.8. The Morgan fingerprint density at radius 3 is 2.83 bits per heavy atom. The molecule has 7 nitrogen and oxygen atoms in total. The van der Waals surface area contributed by atoms with Crippen LogP contribution in [-0.2, 0) is 20.6 Å². The zero-order valence-electron chi connectivity index (χ0n) is 14.1. The molecule has 0 spiro atoms. The van der Waals surface area contributed by atoms with E-state index in [0.717, 1.165) is 40.8 Å². The van der Waals surface area contributed by atoms with E-state index in [2.05, 4.69) is 15.5 Å². The van der Waals surface area contributed by atoms with Gasteiger partial charge in [0.05, 0.1) is 22.8 Å². The van der Waals surface area contributed by atoms with Gasteiger partial charge in [-0.25, -0.2) is 4.98 Å². The number of hydrogen-bond acceptors (Lipinski definition) is 4. The Hall–Kier alpha value is -2.70. The molecule has 3 heterocycles. The Morgan fingerprint density at radius 1 is 1.38 bits per heavy atom. The van der Waals surface area contributed by atoms with E-state index in [1.807, 2.05) is 33.3 Å². The van der Waals surface area contributed by atoms with Gasteiger partial charge in [-0.05, 0) is 25.8 Å². The number of nitrogens with one attached hydrogen (secondary N) is 1. The highest BCUT2D eigenvalue weighted by Crippen LogP contribution is 2.40. The molecule has 0 aromatic carbocycles. The summed E-state index contributed by atoms with van der Waals surface area (Å²) in [5.41, 5.74) is 4.24. The minimum absolute atomic E-state index is 0.0933. The Labute approximate surface area is 139 Å². The first-order valence-corrected chi connectivity index (χ1v) is 8.13. The van der Waals surface area contributed by atoms with Crippen molar-refractivity contribution in [2.75, 3.05) is 0 Å². The van der Waals surface area contributed by atoms with Crippen LogP contribution < -0.4 is 5.32 Å². The Kier molecular flexibility index (Phi) is 3.37. The van der Waals surface area contributed by atoms with Gasteiger partial charge < -0.3 is 5.32 Å². The highest BCUT2D eigenvalue weighted by Gasteiger charge is 2.28. The smallest absolute Gasteiger partial charge is 0.252 e. The molecule has 0 bridgehead atoms. The molecular formula is C17H20N6O. The van der Waals surface area contributed by atoms with Crippen molar-refractivity contribution in [2.45, 2.75) is 32.2 Å². The zero-order valence-corrected chi connectivity index (χ0v) is 14.1. The Morgan fingerprint density at radius 2 is 2.17 bits per heavy atom. The molecule has 4 rings (SSSR count). The molecule has 1 fully saturated rings. The maximum atomic E-state index is 12.8. The lowest BCUT2D eigenvalue weighted by molar-refractivity contribution is 0.0952. The van der Waals surface area contributed by atoms with Gasteiger partial charge >= 0.3 is 0 Å². The van der Waals surface area contributed by atoms with Crippen LogP contribution in [0.2, 0.25) is 0 Å². The number of aryl methyl sites for hydroxylation is 3. The number of nitrogens with zero attached hydrogens (tertiary/aromatic N) is 5. The molecule has 1 amide bonds. The maximum Gasteiger partial charge on any atom is 0.252 e. The first-order chi connectivity index (χ1) is 11.5. The van der Waals surface area contributed by atoms with Crippen molar-refractivity contribution < 1.29 is 4.79 Å². The van der Waals surface area contributed by atoms with Gasteiger partial charge in [0.1, 0.15) is 0 Å². The first kappa shape index (κ1) is 14.9. The van der Waals surface area contributed by atoms with Gasteiger partial charge in [-0.2, -0.15) is 10.2 Å². The van der Waals surface area contributed by atoms with Crippen LogP contribution in [-0.4, -0.2) is 30.5 Å². The van der Waals surface area contributed by atoms with Gasteiger partial charge in [0.2, 0.25) is 0 Å². The summed E-state index contributed by atoms with van der Waals surface area (Å²) in [5, 5.41) is 12.4. The van der Waals surface area contributed by atoms with E-state index in [1.54, 1.807) is 15.6 Å². The van der Waals surface area contributed by atoms with Crippen molar-refractivity contribution in [3.63, 3.8) is 0 Å². The summed E-state index contributed by atoms with van der Waals surface area (Å²) in [6.07, 6.45) is 5.94. The van der Waals surface area contributed by atoms with E-state index in [-0.39, 0.29) is 5.91 Å². The van der Waals surface area contributed by atoms with Gasteiger partial charge in [-0.1, -0.05) is 0 Å². The summed E-state index contributed by atoms with van der Waals surface area (Å²) < 4.78 is 3.48. The van der Waals surface area contributed by atoms with Crippen LogP contribution in [0.25, 0.3) is 11.0 Å². The molecule has 0 unspecified atom stereocenters. The largest absolute Gasteiger partial charge is 0.348 e. The zero-order chi connectivity index (χ0) is 16.8. The monoisotopic (exact) mass is 324 g/mol. The number of amides is 1. The van der Waals surface area contributed by atoms with E-state index in [4.69, 9.17) is 4.98 Å². The summed E-state index contributed by atoms with van der Waals surface area (Å²) in [7, 11) is 3.73. The number of hydrogen-bond donors (Lipinski definition) is 1. The van der Waals surface area contributed by atoms with Crippen molar-refractivity contribution in [3.8, 4) is 0 Å². The van der Waals surface area contributed by atoms with Gasteiger partial charge in [0.25, 0.3) is 5.91 Å². The average Bonchev–Trinajstić information content (AvgIpc) is 3.27. The van der Waals surface area contributed by atoms with Gasteiger partial charge in [-0.3, -0.25) is 14.2 Å². The average molecular weight is 324 g/mol. The van der Waals surface area contributed by atoms with Crippen LogP contribution in [0.5, 0.6) is 0 Å². The van der Waals surface area contributed by atoms with Crippen LogP contribution in [0.1, 0.15) is 46.1 Å². The van der Waals surface area contributed by atoms with Crippen molar-refractivity contribution >= 4 is 16.9 Å². The molecule has 0 atom stereocenters. The topological polar surface area (TPSA) is 77.6 Å². The molecule has 1 N–H and O–H groups in total. The lowest BCUT2D eigenvalue weighted by Crippen LogP contribution is -2.23. The minimum atomic E-state index is -0.0933. The van der Waals surface area contributed by atoms with Gasteiger partial charge in [0.15, 0.2) is 5.65 Å². The lowest BCUT2D eigenvalue weighted by Gasteiger charge is -2.08. The number of pyridine rings is 1.